The molecule has 0 radical (unpaired) electrons. The van der Waals surface area contributed by atoms with E-state index in [0.717, 1.165) is 17.7 Å². The topological polar surface area (TPSA) is 33.9 Å². The lowest BCUT2D eigenvalue weighted by atomic mass is 10.1. The molecule has 1 atom stereocenters. The highest BCUT2D eigenvalue weighted by Gasteiger charge is 2.18. The number of quaternary nitrogens is 1. The van der Waals surface area contributed by atoms with E-state index in [0.29, 0.717) is 6.61 Å². The molecule has 0 saturated carbocycles. The summed E-state index contributed by atoms with van der Waals surface area (Å²) in [5.41, 5.74) is 0. The molecule has 2 aromatic carbocycles. The fraction of sp³-hybridized carbons (Fsp3) is 0.444. The number of fused-ring (bicyclic) bond motifs is 1. The molecule has 3 rings (SSSR count). The smallest absolute Gasteiger partial charge is 0.137 e. The first kappa shape index (κ1) is 14.4. The second kappa shape index (κ2) is 6.92. The van der Waals surface area contributed by atoms with E-state index in [-0.39, 0.29) is 0 Å². The van der Waals surface area contributed by atoms with Gasteiger partial charge in [-0.3, -0.25) is 0 Å². The molecule has 1 aliphatic rings. The van der Waals surface area contributed by atoms with Gasteiger partial charge in [0, 0.05) is 5.39 Å². The summed E-state index contributed by atoms with van der Waals surface area (Å²) in [7, 11) is 0. The van der Waals surface area contributed by atoms with Gasteiger partial charge in [-0.2, -0.15) is 0 Å². The third-order valence-corrected chi connectivity index (χ3v) is 4.27. The van der Waals surface area contributed by atoms with E-state index in [9.17, 15) is 5.11 Å². The number of likely N-dealkylation sites (tertiary alicyclic amines) is 1. The number of piperidine rings is 1. The van der Waals surface area contributed by atoms with Crippen LogP contribution in [0.4, 0.5) is 0 Å². The zero-order chi connectivity index (χ0) is 14.5. The van der Waals surface area contributed by atoms with Crippen LogP contribution < -0.4 is 9.64 Å². The summed E-state index contributed by atoms with van der Waals surface area (Å²) >= 11 is 0. The molecule has 1 heterocycles. The first-order valence-electron chi connectivity index (χ1n) is 7.95. The van der Waals surface area contributed by atoms with Crippen LogP contribution in [-0.4, -0.2) is 37.5 Å². The number of benzene rings is 2. The Morgan fingerprint density at radius 3 is 2.62 bits per heavy atom. The first-order valence-corrected chi connectivity index (χ1v) is 7.95. The van der Waals surface area contributed by atoms with Crippen LogP contribution in [0.1, 0.15) is 19.3 Å². The zero-order valence-electron chi connectivity index (χ0n) is 12.4. The minimum atomic E-state index is -0.392. The number of hydrogen-bond acceptors (Lipinski definition) is 2. The van der Waals surface area contributed by atoms with E-state index < -0.39 is 6.10 Å². The van der Waals surface area contributed by atoms with Gasteiger partial charge in [0.25, 0.3) is 0 Å². The van der Waals surface area contributed by atoms with Crippen LogP contribution in [0.2, 0.25) is 0 Å². The number of aliphatic hydroxyl groups excluding tert-OH is 1. The van der Waals surface area contributed by atoms with Gasteiger partial charge in [0.2, 0.25) is 0 Å². The van der Waals surface area contributed by atoms with E-state index in [2.05, 4.69) is 18.2 Å². The number of nitrogens with one attached hydrogen (secondary N) is 1. The second-order valence-corrected chi connectivity index (χ2v) is 5.96. The minimum absolute atomic E-state index is 0.373. The van der Waals surface area contributed by atoms with Gasteiger partial charge in [-0.25, -0.2) is 0 Å². The van der Waals surface area contributed by atoms with Crippen LogP contribution in [0.15, 0.2) is 42.5 Å². The normalized spacial score (nSPS) is 17.8. The fourth-order valence-electron chi connectivity index (χ4n) is 3.16. The highest BCUT2D eigenvalue weighted by atomic mass is 16.5. The predicted molar refractivity (Wildman–Crippen MR) is 84.9 cm³/mol. The molecule has 0 amide bonds. The van der Waals surface area contributed by atoms with Gasteiger partial charge in [-0.05, 0) is 30.7 Å². The van der Waals surface area contributed by atoms with Crippen LogP contribution >= 0.6 is 0 Å². The third kappa shape index (κ3) is 3.74. The number of hydrogen-bond donors (Lipinski definition) is 2. The lowest BCUT2D eigenvalue weighted by Crippen LogP contribution is -3.14. The maximum absolute atomic E-state index is 10.2. The largest absolute Gasteiger partial charge is 0.490 e. The Kier molecular flexibility index (Phi) is 4.73. The van der Waals surface area contributed by atoms with Gasteiger partial charge in [0.15, 0.2) is 0 Å². The Bertz CT molecular complexity index is 573. The summed E-state index contributed by atoms with van der Waals surface area (Å²) in [4.78, 5) is 1.51. The molecule has 0 aromatic heterocycles. The second-order valence-electron chi connectivity index (χ2n) is 5.96. The van der Waals surface area contributed by atoms with Crippen molar-refractivity contribution in [3.05, 3.63) is 42.5 Å². The van der Waals surface area contributed by atoms with E-state index in [4.69, 9.17) is 4.74 Å². The monoisotopic (exact) mass is 286 g/mol. The van der Waals surface area contributed by atoms with Gasteiger partial charge in [0.05, 0.1) is 13.1 Å². The summed E-state index contributed by atoms with van der Waals surface area (Å²) in [6.45, 7) is 3.54. The Balaban J connectivity index is 1.58. The van der Waals surface area contributed by atoms with E-state index >= 15 is 0 Å². The molecule has 1 saturated heterocycles. The van der Waals surface area contributed by atoms with Crippen molar-refractivity contribution in [1.29, 1.82) is 0 Å². The summed E-state index contributed by atoms with van der Waals surface area (Å²) < 4.78 is 5.86. The SMILES string of the molecule is O[C@H](COc1cccc2ccccc12)C[NH+]1CCCCC1. The van der Waals surface area contributed by atoms with Crippen LogP contribution in [0.3, 0.4) is 0 Å². The van der Waals surface area contributed by atoms with Crippen molar-refractivity contribution < 1.29 is 14.7 Å². The quantitative estimate of drug-likeness (QED) is 0.876. The Morgan fingerprint density at radius 1 is 1.00 bits per heavy atom. The van der Waals surface area contributed by atoms with Crippen LogP contribution in [0.25, 0.3) is 10.8 Å². The van der Waals surface area contributed by atoms with Gasteiger partial charge in [0.1, 0.15) is 25.0 Å². The Morgan fingerprint density at radius 2 is 1.76 bits per heavy atom. The lowest BCUT2D eigenvalue weighted by Gasteiger charge is -2.25. The lowest BCUT2D eigenvalue weighted by molar-refractivity contribution is -0.908. The number of ether oxygens (including phenoxy) is 1. The van der Waals surface area contributed by atoms with E-state index in [1.807, 2.05) is 24.3 Å². The van der Waals surface area contributed by atoms with Gasteiger partial charge in [-0.15, -0.1) is 0 Å². The van der Waals surface area contributed by atoms with Crippen molar-refractivity contribution in [3.63, 3.8) is 0 Å². The van der Waals surface area contributed by atoms with Crippen molar-refractivity contribution in [2.75, 3.05) is 26.2 Å². The Hall–Kier alpha value is -1.58. The fourth-order valence-corrected chi connectivity index (χ4v) is 3.16. The molecule has 0 bridgehead atoms. The highest BCUT2D eigenvalue weighted by Crippen LogP contribution is 2.25. The molecule has 112 valence electrons. The molecule has 21 heavy (non-hydrogen) atoms. The minimum Gasteiger partial charge on any atom is -0.490 e. The Labute approximate surface area is 126 Å². The average molecular weight is 286 g/mol. The summed E-state index contributed by atoms with van der Waals surface area (Å²) in [5, 5.41) is 12.5. The van der Waals surface area contributed by atoms with Gasteiger partial charge < -0.3 is 14.7 Å². The highest BCUT2D eigenvalue weighted by molar-refractivity contribution is 5.88. The zero-order valence-corrected chi connectivity index (χ0v) is 12.4. The van der Waals surface area contributed by atoms with Gasteiger partial charge >= 0.3 is 0 Å². The summed E-state index contributed by atoms with van der Waals surface area (Å²) in [6.07, 6.45) is 3.52. The standard InChI is InChI=1S/C18H23NO2/c20-16(13-19-11-4-1-5-12-19)14-21-18-10-6-8-15-7-2-3-9-17(15)18/h2-3,6-10,16,20H,1,4-5,11-14H2/p+1/t16-/m0/s1. The molecule has 3 heteroatoms. The molecule has 1 aliphatic heterocycles. The van der Waals surface area contributed by atoms with Crippen molar-refractivity contribution >= 4 is 10.8 Å². The maximum atomic E-state index is 10.2. The van der Waals surface area contributed by atoms with E-state index in [1.54, 1.807) is 0 Å². The molecular formula is C18H24NO2+. The maximum Gasteiger partial charge on any atom is 0.137 e. The number of rotatable bonds is 5. The summed E-state index contributed by atoms with van der Waals surface area (Å²) in [5.74, 6) is 0.862. The molecule has 2 N–H and O–H groups in total. The van der Waals surface area contributed by atoms with Crippen molar-refractivity contribution in [1.82, 2.24) is 0 Å². The molecule has 1 fully saturated rings. The molecule has 0 unspecified atom stereocenters. The number of aliphatic hydroxyl groups is 1. The average Bonchev–Trinajstić information content (AvgIpc) is 2.54. The van der Waals surface area contributed by atoms with Crippen LogP contribution in [-0.2, 0) is 0 Å². The van der Waals surface area contributed by atoms with Gasteiger partial charge in [-0.1, -0.05) is 36.4 Å². The van der Waals surface area contributed by atoms with Crippen LogP contribution in [0.5, 0.6) is 5.75 Å². The van der Waals surface area contributed by atoms with Crippen LogP contribution in [0, 0.1) is 0 Å². The molecule has 2 aromatic rings. The van der Waals surface area contributed by atoms with Crippen molar-refractivity contribution in [2.45, 2.75) is 25.4 Å². The molecule has 0 aliphatic carbocycles. The molecular weight excluding hydrogens is 262 g/mol. The third-order valence-electron chi connectivity index (χ3n) is 4.27. The first-order chi connectivity index (χ1) is 10.3. The van der Waals surface area contributed by atoms with E-state index in [1.165, 1.54) is 42.6 Å². The summed E-state index contributed by atoms with van der Waals surface area (Å²) in [6, 6.07) is 14.2. The van der Waals surface area contributed by atoms with Crippen molar-refractivity contribution in [2.24, 2.45) is 0 Å². The molecule has 3 nitrogen and oxygen atoms in total. The van der Waals surface area contributed by atoms with Crippen molar-refractivity contribution in [3.8, 4) is 5.75 Å². The predicted octanol–water partition coefficient (Wildman–Crippen LogP) is 1.65. The molecule has 0 spiro atoms.